The molecule has 1 N–H and O–H groups in total. The van der Waals surface area contributed by atoms with E-state index in [1.54, 1.807) is 10.5 Å². The van der Waals surface area contributed by atoms with E-state index in [1.807, 2.05) is 44.2 Å². The van der Waals surface area contributed by atoms with Crippen LogP contribution < -0.4 is 5.32 Å². The summed E-state index contributed by atoms with van der Waals surface area (Å²) in [6.45, 7) is 5.19. The molecule has 1 aliphatic rings. The third-order valence-electron chi connectivity index (χ3n) is 4.39. The SMILES string of the molecule is CC1NCCN(S(=O)(=O)Cc2cccc3cccnc23)C1C. The summed E-state index contributed by atoms with van der Waals surface area (Å²) in [4.78, 5) is 4.35. The van der Waals surface area contributed by atoms with Gasteiger partial charge in [0.05, 0.1) is 11.3 Å². The van der Waals surface area contributed by atoms with Gasteiger partial charge in [0.1, 0.15) is 0 Å². The van der Waals surface area contributed by atoms with Crippen molar-refractivity contribution in [2.75, 3.05) is 13.1 Å². The molecule has 2 heterocycles. The molecule has 1 fully saturated rings. The highest BCUT2D eigenvalue weighted by atomic mass is 32.2. The van der Waals surface area contributed by atoms with Crippen molar-refractivity contribution in [3.05, 3.63) is 42.1 Å². The van der Waals surface area contributed by atoms with Crippen molar-refractivity contribution in [3.8, 4) is 0 Å². The number of nitrogens with zero attached hydrogens (tertiary/aromatic N) is 2. The van der Waals surface area contributed by atoms with E-state index in [2.05, 4.69) is 10.3 Å². The van der Waals surface area contributed by atoms with E-state index in [4.69, 9.17) is 0 Å². The van der Waals surface area contributed by atoms with E-state index in [0.717, 1.165) is 16.5 Å². The molecule has 1 aromatic heterocycles. The van der Waals surface area contributed by atoms with Gasteiger partial charge < -0.3 is 5.32 Å². The highest BCUT2D eigenvalue weighted by Crippen LogP contribution is 2.22. The predicted octanol–water partition coefficient (Wildman–Crippen LogP) is 1.75. The van der Waals surface area contributed by atoms with Gasteiger partial charge in [-0.2, -0.15) is 4.31 Å². The molecule has 0 amide bonds. The van der Waals surface area contributed by atoms with Gasteiger partial charge in [-0.1, -0.05) is 24.3 Å². The van der Waals surface area contributed by atoms with E-state index >= 15 is 0 Å². The first-order valence-corrected chi connectivity index (χ1v) is 9.15. The minimum Gasteiger partial charge on any atom is -0.311 e. The molecule has 2 aromatic rings. The van der Waals surface area contributed by atoms with Gasteiger partial charge in [-0.05, 0) is 25.5 Å². The van der Waals surface area contributed by atoms with Crippen molar-refractivity contribution in [1.29, 1.82) is 0 Å². The van der Waals surface area contributed by atoms with Crippen LogP contribution in [0.15, 0.2) is 36.5 Å². The Hall–Kier alpha value is -1.50. The summed E-state index contributed by atoms with van der Waals surface area (Å²) in [5.41, 5.74) is 1.53. The molecule has 1 saturated heterocycles. The molecule has 22 heavy (non-hydrogen) atoms. The highest BCUT2D eigenvalue weighted by Gasteiger charge is 2.33. The third kappa shape index (κ3) is 2.86. The number of benzene rings is 1. The van der Waals surface area contributed by atoms with Gasteiger partial charge >= 0.3 is 0 Å². The fraction of sp³-hybridized carbons (Fsp3) is 0.438. The first-order chi connectivity index (χ1) is 10.5. The van der Waals surface area contributed by atoms with Crippen LogP contribution in [-0.2, 0) is 15.8 Å². The number of rotatable bonds is 3. The van der Waals surface area contributed by atoms with Crippen molar-refractivity contribution < 1.29 is 8.42 Å². The Morgan fingerprint density at radius 3 is 2.86 bits per heavy atom. The van der Waals surface area contributed by atoms with Crippen LogP contribution in [0.3, 0.4) is 0 Å². The average Bonchev–Trinajstić information content (AvgIpc) is 2.50. The van der Waals surface area contributed by atoms with Gasteiger partial charge in [0.2, 0.25) is 10.0 Å². The van der Waals surface area contributed by atoms with Crippen molar-refractivity contribution in [2.45, 2.75) is 31.7 Å². The monoisotopic (exact) mass is 319 g/mol. The first kappa shape index (κ1) is 15.4. The number of aromatic nitrogens is 1. The summed E-state index contributed by atoms with van der Waals surface area (Å²) >= 11 is 0. The third-order valence-corrected chi connectivity index (χ3v) is 6.29. The zero-order chi connectivity index (χ0) is 15.7. The van der Waals surface area contributed by atoms with Crippen LogP contribution in [0.25, 0.3) is 10.9 Å². The number of pyridine rings is 1. The van der Waals surface area contributed by atoms with E-state index < -0.39 is 10.0 Å². The molecule has 0 bridgehead atoms. The lowest BCUT2D eigenvalue weighted by Gasteiger charge is -2.37. The van der Waals surface area contributed by atoms with E-state index in [1.165, 1.54) is 0 Å². The van der Waals surface area contributed by atoms with Crippen LogP contribution in [0.5, 0.6) is 0 Å². The fourth-order valence-corrected chi connectivity index (χ4v) is 4.83. The van der Waals surface area contributed by atoms with Crippen molar-refractivity contribution in [2.24, 2.45) is 0 Å². The Morgan fingerprint density at radius 1 is 1.27 bits per heavy atom. The number of piperazine rings is 1. The average molecular weight is 319 g/mol. The van der Waals surface area contributed by atoms with Crippen molar-refractivity contribution in [3.63, 3.8) is 0 Å². The van der Waals surface area contributed by atoms with Crippen molar-refractivity contribution in [1.82, 2.24) is 14.6 Å². The Kier molecular flexibility index (Phi) is 4.16. The Morgan fingerprint density at radius 2 is 2.05 bits per heavy atom. The molecule has 5 nitrogen and oxygen atoms in total. The van der Waals surface area contributed by atoms with Crippen LogP contribution in [0, 0.1) is 0 Å². The molecule has 2 unspecified atom stereocenters. The second kappa shape index (κ2) is 5.95. The smallest absolute Gasteiger partial charge is 0.218 e. The summed E-state index contributed by atoms with van der Waals surface area (Å²) < 4.78 is 27.3. The molecule has 0 spiro atoms. The maximum absolute atomic E-state index is 12.8. The second-order valence-corrected chi connectivity index (χ2v) is 7.76. The fourth-order valence-electron chi connectivity index (χ4n) is 2.98. The quantitative estimate of drug-likeness (QED) is 0.936. The van der Waals surface area contributed by atoms with Gasteiger partial charge in [0, 0.05) is 36.8 Å². The zero-order valence-corrected chi connectivity index (χ0v) is 13.7. The van der Waals surface area contributed by atoms with Gasteiger partial charge in [0.25, 0.3) is 0 Å². The van der Waals surface area contributed by atoms with E-state index in [9.17, 15) is 8.42 Å². The second-order valence-electron chi connectivity index (χ2n) is 5.84. The molecule has 0 saturated carbocycles. The lowest BCUT2D eigenvalue weighted by atomic mass is 10.1. The van der Waals surface area contributed by atoms with Crippen LogP contribution in [0.2, 0.25) is 0 Å². The molecule has 6 heteroatoms. The summed E-state index contributed by atoms with van der Waals surface area (Å²) in [6, 6.07) is 9.63. The summed E-state index contributed by atoms with van der Waals surface area (Å²) in [7, 11) is -3.36. The minimum atomic E-state index is -3.36. The Labute approximate surface area is 131 Å². The summed E-state index contributed by atoms with van der Waals surface area (Å²) in [5.74, 6) is -0.00157. The van der Waals surface area contributed by atoms with Crippen LogP contribution >= 0.6 is 0 Å². The molecule has 0 radical (unpaired) electrons. The van der Waals surface area contributed by atoms with Gasteiger partial charge in [-0.3, -0.25) is 4.98 Å². The lowest BCUT2D eigenvalue weighted by molar-refractivity contribution is 0.232. The molecule has 1 aromatic carbocycles. The molecule has 2 atom stereocenters. The molecule has 0 aliphatic carbocycles. The molecular formula is C16H21N3O2S. The lowest BCUT2D eigenvalue weighted by Crippen LogP contribution is -2.57. The molecular weight excluding hydrogens is 298 g/mol. The minimum absolute atomic E-state index is 0.00157. The number of hydrogen-bond donors (Lipinski definition) is 1. The molecule has 3 rings (SSSR count). The number of fused-ring (bicyclic) bond motifs is 1. The van der Waals surface area contributed by atoms with E-state index in [-0.39, 0.29) is 17.8 Å². The largest absolute Gasteiger partial charge is 0.311 e. The molecule has 1 aliphatic heterocycles. The van der Waals surface area contributed by atoms with Crippen molar-refractivity contribution >= 4 is 20.9 Å². The molecule has 118 valence electrons. The number of para-hydroxylation sites is 1. The normalized spacial score (nSPS) is 23.7. The maximum Gasteiger partial charge on any atom is 0.218 e. The topological polar surface area (TPSA) is 62.3 Å². The van der Waals surface area contributed by atoms with Gasteiger partial charge in [0.15, 0.2) is 0 Å². The van der Waals surface area contributed by atoms with E-state index in [0.29, 0.717) is 13.1 Å². The first-order valence-electron chi connectivity index (χ1n) is 7.54. The van der Waals surface area contributed by atoms with Gasteiger partial charge in [-0.25, -0.2) is 8.42 Å². The van der Waals surface area contributed by atoms with Crippen LogP contribution in [0.4, 0.5) is 0 Å². The number of hydrogen-bond acceptors (Lipinski definition) is 4. The highest BCUT2D eigenvalue weighted by molar-refractivity contribution is 7.88. The zero-order valence-electron chi connectivity index (χ0n) is 12.9. The van der Waals surface area contributed by atoms with Crippen LogP contribution in [0.1, 0.15) is 19.4 Å². The number of nitrogens with one attached hydrogen (secondary N) is 1. The summed E-state index contributed by atoms with van der Waals surface area (Å²) in [5, 5.41) is 4.28. The number of sulfonamides is 1. The standard InChI is InChI=1S/C16H21N3O2S/c1-12-13(2)19(10-9-17-12)22(20,21)11-15-6-3-5-14-7-4-8-18-16(14)15/h3-8,12-13,17H,9-11H2,1-2H3. The Bertz CT molecular complexity index is 771. The predicted molar refractivity (Wildman–Crippen MR) is 88.0 cm³/mol. The summed E-state index contributed by atoms with van der Waals surface area (Å²) in [6.07, 6.45) is 1.70. The van der Waals surface area contributed by atoms with Crippen LogP contribution in [-0.4, -0.2) is 42.9 Å². The van der Waals surface area contributed by atoms with Gasteiger partial charge in [-0.15, -0.1) is 0 Å². The maximum atomic E-state index is 12.8. The Balaban J connectivity index is 1.93.